The molecule has 0 aliphatic rings. The van der Waals surface area contributed by atoms with Gasteiger partial charge in [0.05, 0.1) is 11.8 Å². The highest BCUT2D eigenvalue weighted by molar-refractivity contribution is 5.85. The molecule has 0 saturated heterocycles. The zero-order valence-electron chi connectivity index (χ0n) is 8.45. The first kappa shape index (κ1) is 12.6. The minimum absolute atomic E-state index is 0.000145. The van der Waals surface area contributed by atoms with Gasteiger partial charge in [-0.3, -0.25) is 0 Å². The van der Waals surface area contributed by atoms with Crippen molar-refractivity contribution < 1.29 is 25.2 Å². The molecule has 88 valence electrons. The van der Waals surface area contributed by atoms with Gasteiger partial charge < -0.3 is 20.4 Å². The van der Waals surface area contributed by atoms with Crippen LogP contribution in [0.1, 0.15) is 28.7 Å². The van der Waals surface area contributed by atoms with Crippen molar-refractivity contribution in [2.75, 3.05) is 6.61 Å². The lowest BCUT2D eigenvalue weighted by atomic mass is 10.1. The second-order valence-electron chi connectivity index (χ2n) is 3.28. The Morgan fingerprint density at radius 2 is 2.06 bits per heavy atom. The molecule has 6 heteroatoms. The van der Waals surface area contributed by atoms with Gasteiger partial charge in [-0.2, -0.15) is 0 Å². The second-order valence-corrected chi connectivity index (χ2v) is 3.28. The minimum Gasteiger partial charge on any atom is -0.477 e. The molecule has 0 saturated carbocycles. The Hall–Kier alpha value is -1.50. The summed E-state index contributed by atoms with van der Waals surface area (Å²) in [4.78, 5) is 14.3. The number of nitrogens with zero attached hydrogens (tertiary/aromatic N) is 1. The maximum absolute atomic E-state index is 10.6. The Bertz CT molecular complexity index is 368. The highest BCUT2D eigenvalue weighted by Crippen LogP contribution is 2.16. The maximum atomic E-state index is 10.6. The summed E-state index contributed by atoms with van der Waals surface area (Å²) >= 11 is 0. The predicted octanol–water partition coefficient (Wildman–Crippen LogP) is -0.444. The van der Waals surface area contributed by atoms with Gasteiger partial charge in [-0.1, -0.05) is 6.07 Å². The molecule has 2 unspecified atom stereocenters. The van der Waals surface area contributed by atoms with Crippen molar-refractivity contribution in [1.82, 2.24) is 4.98 Å². The van der Waals surface area contributed by atoms with Gasteiger partial charge in [0.15, 0.2) is 0 Å². The SMILES string of the molecule is O=C(O)c1cccc(C(O)C(O)CCO)n1. The van der Waals surface area contributed by atoms with E-state index in [9.17, 15) is 15.0 Å². The molecule has 1 aromatic heterocycles. The highest BCUT2D eigenvalue weighted by atomic mass is 16.4. The molecule has 1 rings (SSSR count). The van der Waals surface area contributed by atoms with Crippen LogP contribution < -0.4 is 0 Å². The van der Waals surface area contributed by atoms with Crippen molar-refractivity contribution in [1.29, 1.82) is 0 Å². The van der Waals surface area contributed by atoms with Gasteiger partial charge >= 0.3 is 5.97 Å². The van der Waals surface area contributed by atoms with E-state index in [0.29, 0.717) is 0 Å². The van der Waals surface area contributed by atoms with E-state index < -0.39 is 18.2 Å². The van der Waals surface area contributed by atoms with Gasteiger partial charge in [0.25, 0.3) is 0 Å². The largest absolute Gasteiger partial charge is 0.477 e. The Morgan fingerprint density at radius 1 is 1.38 bits per heavy atom. The van der Waals surface area contributed by atoms with E-state index in [1.54, 1.807) is 0 Å². The summed E-state index contributed by atoms with van der Waals surface area (Å²) < 4.78 is 0. The Balaban J connectivity index is 2.86. The van der Waals surface area contributed by atoms with Crippen LogP contribution in [0.25, 0.3) is 0 Å². The normalized spacial score (nSPS) is 14.4. The minimum atomic E-state index is -1.30. The molecular formula is C10H13NO5. The predicted molar refractivity (Wildman–Crippen MR) is 53.9 cm³/mol. The van der Waals surface area contributed by atoms with Crippen LogP contribution >= 0.6 is 0 Å². The molecule has 2 atom stereocenters. The van der Waals surface area contributed by atoms with E-state index in [0.717, 1.165) is 0 Å². The Morgan fingerprint density at radius 3 is 2.62 bits per heavy atom. The number of hydrogen-bond acceptors (Lipinski definition) is 5. The molecule has 0 aliphatic carbocycles. The van der Waals surface area contributed by atoms with Gasteiger partial charge in [-0.15, -0.1) is 0 Å². The third-order valence-corrected chi connectivity index (χ3v) is 2.08. The van der Waals surface area contributed by atoms with Crippen LogP contribution in [0.2, 0.25) is 0 Å². The number of aliphatic hydroxyl groups excluding tert-OH is 3. The average Bonchev–Trinajstić information content (AvgIpc) is 2.28. The molecular weight excluding hydrogens is 214 g/mol. The van der Waals surface area contributed by atoms with E-state index in [1.165, 1.54) is 18.2 Å². The van der Waals surface area contributed by atoms with Crippen molar-refractivity contribution in [2.24, 2.45) is 0 Å². The molecule has 4 N–H and O–H groups in total. The molecule has 0 bridgehead atoms. The van der Waals surface area contributed by atoms with Gasteiger partial charge in [-0.05, 0) is 18.6 Å². The molecule has 1 aromatic rings. The van der Waals surface area contributed by atoms with Crippen molar-refractivity contribution in [3.05, 3.63) is 29.6 Å². The number of aromatic nitrogens is 1. The lowest BCUT2D eigenvalue weighted by Gasteiger charge is -2.16. The third-order valence-electron chi connectivity index (χ3n) is 2.08. The van der Waals surface area contributed by atoms with Crippen LogP contribution in [-0.2, 0) is 0 Å². The molecule has 0 fully saturated rings. The van der Waals surface area contributed by atoms with Gasteiger partial charge in [0.1, 0.15) is 11.8 Å². The van der Waals surface area contributed by atoms with Gasteiger partial charge in [0, 0.05) is 6.61 Å². The summed E-state index contributed by atoms with van der Waals surface area (Å²) in [6.45, 7) is -0.267. The van der Waals surface area contributed by atoms with E-state index >= 15 is 0 Å². The fraction of sp³-hybridized carbons (Fsp3) is 0.400. The first-order valence-corrected chi connectivity index (χ1v) is 4.73. The number of pyridine rings is 1. The second kappa shape index (κ2) is 5.55. The third kappa shape index (κ3) is 2.99. The topological polar surface area (TPSA) is 111 Å². The van der Waals surface area contributed by atoms with Gasteiger partial charge in [0.2, 0.25) is 0 Å². The summed E-state index contributed by atoms with van der Waals surface area (Å²) in [5.74, 6) is -1.20. The van der Waals surface area contributed by atoms with Crippen LogP contribution in [0.5, 0.6) is 0 Å². The molecule has 1 heterocycles. The number of carbonyl (C=O) groups is 1. The zero-order chi connectivity index (χ0) is 12.1. The highest BCUT2D eigenvalue weighted by Gasteiger charge is 2.20. The lowest BCUT2D eigenvalue weighted by molar-refractivity contribution is 0.00176. The average molecular weight is 227 g/mol. The summed E-state index contributed by atoms with van der Waals surface area (Å²) in [5, 5.41) is 36.3. The zero-order valence-corrected chi connectivity index (χ0v) is 8.45. The number of rotatable bonds is 5. The quantitative estimate of drug-likeness (QED) is 0.542. The van der Waals surface area contributed by atoms with Crippen molar-refractivity contribution in [3.63, 3.8) is 0 Å². The standard InChI is InChI=1S/C10H13NO5/c12-5-4-8(13)9(14)6-2-1-3-7(11-6)10(15)16/h1-3,8-9,12-14H,4-5H2,(H,15,16). The van der Waals surface area contributed by atoms with Crippen molar-refractivity contribution in [2.45, 2.75) is 18.6 Å². The van der Waals surface area contributed by atoms with E-state index in [1.807, 2.05) is 0 Å². The van der Waals surface area contributed by atoms with E-state index in [4.69, 9.17) is 10.2 Å². The van der Waals surface area contributed by atoms with E-state index in [-0.39, 0.29) is 24.4 Å². The number of aromatic carboxylic acids is 1. The monoisotopic (exact) mass is 227 g/mol. The maximum Gasteiger partial charge on any atom is 0.354 e. The molecule has 0 aromatic carbocycles. The number of hydrogen-bond donors (Lipinski definition) is 4. The molecule has 0 amide bonds. The van der Waals surface area contributed by atoms with E-state index in [2.05, 4.69) is 4.98 Å². The number of aliphatic hydroxyl groups is 3. The summed E-state index contributed by atoms with van der Waals surface area (Å²) in [6.07, 6.45) is -2.46. The summed E-state index contributed by atoms with van der Waals surface area (Å²) in [6, 6.07) is 4.13. The fourth-order valence-electron chi connectivity index (χ4n) is 1.22. The lowest BCUT2D eigenvalue weighted by Crippen LogP contribution is -2.21. The van der Waals surface area contributed by atoms with Crippen LogP contribution in [-0.4, -0.2) is 44.1 Å². The van der Waals surface area contributed by atoms with Crippen LogP contribution in [0.3, 0.4) is 0 Å². The molecule has 0 aliphatic heterocycles. The number of carboxylic acids is 1. The van der Waals surface area contributed by atoms with Crippen molar-refractivity contribution >= 4 is 5.97 Å². The van der Waals surface area contributed by atoms with Crippen LogP contribution in [0, 0.1) is 0 Å². The molecule has 6 nitrogen and oxygen atoms in total. The molecule has 16 heavy (non-hydrogen) atoms. The summed E-state index contributed by atoms with van der Waals surface area (Å²) in [7, 11) is 0. The first-order chi connectivity index (χ1) is 7.56. The Labute approximate surface area is 91.8 Å². The van der Waals surface area contributed by atoms with Crippen molar-refractivity contribution in [3.8, 4) is 0 Å². The first-order valence-electron chi connectivity index (χ1n) is 4.73. The fourth-order valence-corrected chi connectivity index (χ4v) is 1.22. The van der Waals surface area contributed by atoms with Crippen LogP contribution in [0.4, 0.5) is 0 Å². The summed E-state index contributed by atoms with van der Waals surface area (Å²) in [5.41, 5.74) is -0.131. The van der Waals surface area contributed by atoms with Gasteiger partial charge in [-0.25, -0.2) is 9.78 Å². The molecule has 0 spiro atoms. The smallest absolute Gasteiger partial charge is 0.354 e. The Kier molecular flexibility index (Phi) is 4.36. The number of carboxylic acid groups (broad SMARTS) is 1. The molecule has 0 radical (unpaired) electrons. The van der Waals surface area contributed by atoms with Crippen LogP contribution in [0.15, 0.2) is 18.2 Å².